The summed E-state index contributed by atoms with van der Waals surface area (Å²) in [6.45, 7) is 0. The summed E-state index contributed by atoms with van der Waals surface area (Å²) in [5.74, 6) is 0.512. The van der Waals surface area contributed by atoms with Crippen molar-refractivity contribution < 1.29 is 9.85 Å². The lowest BCUT2D eigenvalue weighted by atomic mass is 10.2. The summed E-state index contributed by atoms with van der Waals surface area (Å²) in [6.07, 6.45) is 0. The predicted molar refractivity (Wildman–Crippen MR) is 102 cm³/mol. The molecule has 1 N–H and O–H groups in total. The van der Waals surface area contributed by atoms with Crippen LogP contribution in [0.1, 0.15) is 5.56 Å². The fraction of sp³-hybridized carbons (Fsp3) is 0. The Kier molecular flexibility index (Phi) is 5.17. The molecule has 134 valence electrons. The fourth-order valence-electron chi connectivity index (χ4n) is 2.34. The van der Waals surface area contributed by atoms with Gasteiger partial charge in [-0.1, -0.05) is 30.3 Å². The highest BCUT2D eigenvalue weighted by atomic mass is 16.6. The highest BCUT2D eigenvalue weighted by Crippen LogP contribution is 2.21. The van der Waals surface area contributed by atoms with Crippen molar-refractivity contribution >= 4 is 28.6 Å². The Bertz CT molecular complexity index is 984. The maximum Gasteiger partial charge on any atom is 0.269 e. The smallest absolute Gasteiger partial charge is 0.269 e. The molecule has 0 aromatic heterocycles. The molecule has 3 aromatic rings. The van der Waals surface area contributed by atoms with E-state index >= 15 is 0 Å². The van der Waals surface area contributed by atoms with Gasteiger partial charge in [-0.3, -0.25) is 20.2 Å². The van der Waals surface area contributed by atoms with Gasteiger partial charge in [0, 0.05) is 35.5 Å². The van der Waals surface area contributed by atoms with Crippen LogP contribution in [0.4, 0.5) is 22.7 Å². The van der Waals surface area contributed by atoms with Gasteiger partial charge in [-0.05, 0) is 24.3 Å². The van der Waals surface area contributed by atoms with Gasteiger partial charge in [-0.15, -0.1) is 0 Å². The Balaban J connectivity index is 1.93. The number of amidine groups is 1. The van der Waals surface area contributed by atoms with Crippen molar-refractivity contribution in [1.82, 2.24) is 0 Å². The van der Waals surface area contributed by atoms with E-state index in [1.165, 1.54) is 24.3 Å². The molecule has 0 saturated carbocycles. The van der Waals surface area contributed by atoms with Crippen LogP contribution in [0.25, 0.3) is 0 Å². The molecule has 0 aliphatic heterocycles. The number of aliphatic imine (C=N–C) groups is 1. The topological polar surface area (TPSA) is 111 Å². The van der Waals surface area contributed by atoms with E-state index in [2.05, 4.69) is 10.3 Å². The molecule has 0 saturated heterocycles. The van der Waals surface area contributed by atoms with Crippen molar-refractivity contribution in [3.63, 3.8) is 0 Å². The molecular formula is C19H14N4O4. The van der Waals surface area contributed by atoms with Crippen molar-refractivity contribution in [2.45, 2.75) is 0 Å². The van der Waals surface area contributed by atoms with E-state index in [1.807, 2.05) is 30.3 Å². The number of benzene rings is 3. The molecule has 0 amide bonds. The van der Waals surface area contributed by atoms with Crippen LogP contribution in [-0.4, -0.2) is 15.7 Å². The van der Waals surface area contributed by atoms with Crippen LogP contribution in [0, 0.1) is 20.2 Å². The van der Waals surface area contributed by atoms with Gasteiger partial charge in [0.1, 0.15) is 5.84 Å². The second-order valence-electron chi connectivity index (χ2n) is 5.53. The molecule has 3 rings (SSSR count). The lowest BCUT2D eigenvalue weighted by molar-refractivity contribution is -0.385. The van der Waals surface area contributed by atoms with Crippen molar-refractivity contribution in [1.29, 1.82) is 0 Å². The zero-order chi connectivity index (χ0) is 19.2. The molecule has 0 atom stereocenters. The third-order valence-electron chi connectivity index (χ3n) is 3.69. The second-order valence-corrected chi connectivity index (χ2v) is 5.53. The Labute approximate surface area is 154 Å². The second kappa shape index (κ2) is 7.87. The van der Waals surface area contributed by atoms with Gasteiger partial charge in [0.15, 0.2) is 0 Å². The van der Waals surface area contributed by atoms with Gasteiger partial charge in [0.05, 0.1) is 15.5 Å². The SMILES string of the molecule is O=[N+]([O-])c1ccc(N=C(Nc2ccc([N+](=O)[O-])cc2)c2ccccc2)cc1. The Morgan fingerprint density at radius 1 is 0.741 bits per heavy atom. The summed E-state index contributed by atoms with van der Waals surface area (Å²) in [7, 11) is 0. The van der Waals surface area contributed by atoms with Crippen LogP contribution in [0.5, 0.6) is 0 Å². The van der Waals surface area contributed by atoms with Crippen molar-refractivity contribution in [3.05, 3.63) is 105 Å². The Morgan fingerprint density at radius 3 is 1.78 bits per heavy atom. The number of nitrogens with zero attached hydrogens (tertiary/aromatic N) is 3. The van der Waals surface area contributed by atoms with E-state index in [-0.39, 0.29) is 11.4 Å². The number of rotatable bonds is 5. The number of nitro groups is 2. The fourth-order valence-corrected chi connectivity index (χ4v) is 2.34. The molecule has 3 aromatic carbocycles. The molecule has 0 aliphatic rings. The minimum atomic E-state index is -0.472. The van der Waals surface area contributed by atoms with E-state index in [0.717, 1.165) is 5.56 Å². The molecular weight excluding hydrogens is 348 g/mol. The van der Waals surface area contributed by atoms with Gasteiger partial charge in [-0.25, -0.2) is 4.99 Å². The highest BCUT2D eigenvalue weighted by molar-refractivity contribution is 6.09. The number of hydrogen-bond donors (Lipinski definition) is 1. The standard InChI is InChI=1S/C19H14N4O4/c24-22(25)17-10-6-15(7-11-17)20-19(14-4-2-1-3-5-14)21-16-8-12-18(13-9-16)23(26)27/h1-13H,(H,20,21). The molecule has 0 aliphatic carbocycles. The maximum absolute atomic E-state index is 10.8. The van der Waals surface area contributed by atoms with Gasteiger partial charge in [0.25, 0.3) is 11.4 Å². The number of nitrogens with one attached hydrogen (secondary N) is 1. The van der Waals surface area contributed by atoms with Crippen LogP contribution in [-0.2, 0) is 0 Å². The molecule has 0 spiro atoms. The summed E-state index contributed by atoms with van der Waals surface area (Å²) < 4.78 is 0. The molecule has 0 radical (unpaired) electrons. The van der Waals surface area contributed by atoms with Gasteiger partial charge in [-0.2, -0.15) is 0 Å². The zero-order valence-electron chi connectivity index (χ0n) is 14.0. The summed E-state index contributed by atoms with van der Waals surface area (Å²) >= 11 is 0. The lowest BCUT2D eigenvalue weighted by Gasteiger charge is -2.10. The minimum Gasteiger partial charge on any atom is -0.340 e. The van der Waals surface area contributed by atoms with Crippen molar-refractivity contribution in [3.8, 4) is 0 Å². The summed E-state index contributed by atoms with van der Waals surface area (Å²) in [6, 6.07) is 21.2. The van der Waals surface area contributed by atoms with E-state index in [1.54, 1.807) is 24.3 Å². The van der Waals surface area contributed by atoms with Crippen LogP contribution >= 0.6 is 0 Å². The molecule has 27 heavy (non-hydrogen) atoms. The predicted octanol–water partition coefficient (Wildman–Crippen LogP) is 4.69. The first-order valence-electron chi connectivity index (χ1n) is 7.93. The molecule has 8 nitrogen and oxygen atoms in total. The van der Waals surface area contributed by atoms with Crippen LogP contribution in [0.3, 0.4) is 0 Å². The van der Waals surface area contributed by atoms with Crippen LogP contribution < -0.4 is 5.32 Å². The summed E-state index contributed by atoms with van der Waals surface area (Å²) in [4.78, 5) is 25.2. The van der Waals surface area contributed by atoms with Crippen molar-refractivity contribution in [2.24, 2.45) is 4.99 Å². The third kappa shape index (κ3) is 4.51. The third-order valence-corrected chi connectivity index (χ3v) is 3.69. The maximum atomic E-state index is 10.8. The lowest BCUT2D eigenvalue weighted by Crippen LogP contribution is -2.13. The minimum absolute atomic E-state index is 0.00545. The quantitative estimate of drug-likeness (QED) is 0.306. The molecule has 8 heteroatoms. The first-order chi connectivity index (χ1) is 13.0. The molecule has 0 heterocycles. The average Bonchev–Trinajstić information content (AvgIpc) is 2.69. The van der Waals surface area contributed by atoms with Crippen LogP contribution in [0.15, 0.2) is 83.9 Å². The number of anilines is 1. The summed E-state index contributed by atoms with van der Waals surface area (Å²) in [5.41, 5.74) is 1.95. The summed E-state index contributed by atoms with van der Waals surface area (Å²) in [5, 5.41) is 24.7. The Morgan fingerprint density at radius 2 is 1.26 bits per heavy atom. The van der Waals surface area contributed by atoms with E-state index < -0.39 is 9.85 Å². The molecule has 0 fully saturated rings. The average molecular weight is 362 g/mol. The van der Waals surface area contributed by atoms with E-state index in [4.69, 9.17) is 0 Å². The first kappa shape index (κ1) is 17.7. The number of hydrogen-bond acceptors (Lipinski definition) is 5. The normalized spacial score (nSPS) is 11.0. The van der Waals surface area contributed by atoms with Gasteiger partial charge >= 0.3 is 0 Å². The Hall–Kier alpha value is -4.07. The molecule has 0 bridgehead atoms. The first-order valence-corrected chi connectivity index (χ1v) is 7.93. The van der Waals surface area contributed by atoms with Gasteiger partial charge < -0.3 is 5.32 Å². The van der Waals surface area contributed by atoms with Crippen molar-refractivity contribution in [2.75, 3.05) is 5.32 Å². The highest BCUT2D eigenvalue weighted by Gasteiger charge is 2.09. The molecule has 0 unspecified atom stereocenters. The number of non-ortho nitro benzene ring substituents is 2. The zero-order valence-corrected chi connectivity index (χ0v) is 14.0. The van der Waals surface area contributed by atoms with Crippen LogP contribution in [0.2, 0.25) is 0 Å². The number of nitro benzene ring substituents is 2. The van der Waals surface area contributed by atoms with Gasteiger partial charge in [0.2, 0.25) is 0 Å². The van der Waals surface area contributed by atoms with E-state index in [0.29, 0.717) is 17.2 Å². The van der Waals surface area contributed by atoms with E-state index in [9.17, 15) is 20.2 Å². The monoisotopic (exact) mass is 362 g/mol. The largest absolute Gasteiger partial charge is 0.340 e.